The summed E-state index contributed by atoms with van der Waals surface area (Å²) in [4.78, 5) is 0. The summed E-state index contributed by atoms with van der Waals surface area (Å²) in [5.74, 6) is -0.0246. The molecule has 1 aliphatic carbocycles. The monoisotopic (exact) mass is 382 g/mol. The minimum Gasteiger partial charge on any atom is -0.396 e. The van der Waals surface area contributed by atoms with E-state index in [4.69, 9.17) is 14.6 Å². The summed E-state index contributed by atoms with van der Waals surface area (Å²) in [6, 6.07) is 2.90. The van der Waals surface area contributed by atoms with Crippen LogP contribution in [0.1, 0.15) is 68.9 Å². The molecule has 1 N–H and O–H groups in total. The lowest BCUT2D eigenvalue weighted by atomic mass is 9.78. The van der Waals surface area contributed by atoms with Gasteiger partial charge in [-0.1, -0.05) is 19.8 Å². The van der Waals surface area contributed by atoms with E-state index in [1.54, 1.807) is 0 Å². The van der Waals surface area contributed by atoms with E-state index < -0.39 is 11.6 Å². The first-order valence-corrected chi connectivity index (χ1v) is 10.4. The van der Waals surface area contributed by atoms with E-state index in [1.807, 2.05) is 0 Å². The summed E-state index contributed by atoms with van der Waals surface area (Å²) >= 11 is 0. The van der Waals surface area contributed by atoms with Crippen LogP contribution >= 0.6 is 0 Å². The molecule has 0 bridgehead atoms. The van der Waals surface area contributed by atoms with Crippen molar-refractivity contribution in [3.05, 3.63) is 34.9 Å². The Labute approximate surface area is 161 Å². The Bertz CT molecular complexity index is 568. The Morgan fingerprint density at radius 3 is 2.22 bits per heavy atom. The molecule has 1 saturated heterocycles. The standard InChI is InChI=1S/C22H32F2O3/c1-2-3-4-15-13-26-22(27-14-15)17-7-5-16(6-8-17)18-11-20(23)19(9-10-25)21(24)12-18/h11-12,15-17,22,25H,2-10,13-14H2,1H3. The van der Waals surface area contributed by atoms with E-state index in [2.05, 4.69) is 6.92 Å². The number of halogens is 2. The Morgan fingerprint density at radius 1 is 1.04 bits per heavy atom. The van der Waals surface area contributed by atoms with Gasteiger partial charge in [0.2, 0.25) is 0 Å². The van der Waals surface area contributed by atoms with Crippen molar-refractivity contribution in [2.24, 2.45) is 11.8 Å². The molecule has 2 aliphatic rings. The highest BCUT2D eigenvalue weighted by Gasteiger charge is 2.33. The van der Waals surface area contributed by atoms with Gasteiger partial charge < -0.3 is 14.6 Å². The van der Waals surface area contributed by atoms with Crippen LogP contribution in [0.5, 0.6) is 0 Å². The molecule has 1 aromatic carbocycles. The topological polar surface area (TPSA) is 38.7 Å². The zero-order chi connectivity index (χ0) is 19.2. The van der Waals surface area contributed by atoms with Gasteiger partial charge in [-0.15, -0.1) is 0 Å². The van der Waals surface area contributed by atoms with Crippen LogP contribution in [0.3, 0.4) is 0 Å². The Balaban J connectivity index is 1.51. The van der Waals surface area contributed by atoms with Gasteiger partial charge >= 0.3 is 0 Å². The number of hydrogen-bond donors (Lipinski definition) is 1. The Hall–Kier alpha value is -1.04. The largest absolute Gasteiger partial charge is 0.396 e. The average molecular weight is 382 g/mol. The van der Waals surface area contributed by atoms with E-state index >= 15 is 0 Å². The van der Waals surface area contributed by atoms with Crippen LogP contribution in [-0.2, 0) is 15.9 Å². The van der Waals surface area contributed by atoms with Crippen LogP contribution in [0.15, 0.2) is 12.1 Å². The summed E-state index contributed by atoms with van der Waals surface area (Å²) in [5.41, 5.74) is 0.715. The van der Waals surface area contributed by atoms with Crippen LogP contribution in [0.4, 0.5) is 8.78 Å². The van der Waals surface area contributed by atoms with E-state index in [0.717, 1.165) is 44.5 Å². The molecule has 1 saturated carbocycles. The second-order valence-electron chi connectivity index (χ2n) is 8.09. The van der Waals surface area contributed by atoms with Gasteiger partial charge in [-0.05, 0) is 55.7 Å². The number of ether oxygens (including phenoxy) is 2. The second-order valence-corrected chi connectivity index (χ2v) is 8.09. The molecule has 3 nitrogen and oxygen atoms in total. The van der Waals surface area contributed by atoms with Gasteiger partial charge in [0, 0.05) is 30.4 Å². The van der Waals surface area contributed by atoms with Crippen LogP contribution in [0.25, 0.3) is 0 Å². The minimum absolute atomic E-state index is 0.0142. The first kappa shape index (κ1) is 20.7. The van der Waals surface area contributed by atoms with Gasteiger partial charge in [-0.25, -0.2) is 8.78 Å². The molecule has 0 radical (unpaired) electrons. The summed E-state index contributed by atoms with van der Waals surface area (Å²) < 4.78 is 40.3. The smallest absolute Gasteiger partial charge is 0.160 e. The summed E-state index contributed by atoms with van der Waals surface area (Å²) in [5, 5.41) is 8.94. The molecule has 0 atom stereocenters. The fraction of sp³-hybridized carbons (Fsp3) is 0.727. The molecule has 1 aromatic rings. The normalized spacial score (nSPS) is 29.0. The average Bonchev–Trinajstić information content (AvgIpc) is 2.69. The van der Waals surface area contributed by atoms with Gasteiger partial charge in [-0.2, -0.15) is 0 Å². The number of unbranched alkanes of at least 4 members (excludes halogenated alkanes) is 1. The molecule has 5 heteroatoms. The zero-order valence-corrected chi connectivity index (χ0v) is 16.3. The van der Waals surface area contributed by atoms with E-state index in [1.165, 1.54) is 31.4 Å². The van der Waals surface area contributed by atoms with Crippen LogP contribution in [0, 0.1) is 23.5 Å². The highest BCUT2D eigenvalue weighted by atomic mass is 19.1. The van der Waals surface area contributed by atoms with Crippen LogP contribution < -0.4 is 0 Å². The molecule has 1 aliphatic heterocycles. The maximum atomic E-state index is 14.2. The van der Waals surface area contributed by atoms with Crippen molar-refractivity contribution >= 4 is 0 Å². The lowest BCUT2D eigenvalue weighted by Gasteiger charge is -2.37. The van der Waals surface area contributed by atoms with Crippen LogP contribution in [0.2, 0.25) is 0 Å². The van der Waals surface area contributed by atoms with E-state index in [-0.39, 0.29) is 30.8 Å². The summed E-state index contributed by atoms with van der Waals surface area (Å²) in [6.45, 7) is 3.52. The van der Waals surface area contributed by atoms with Crippen molar-refractivity contribution in [3.63, 3.8) is 0 Å². The van der Waals surface area contributed by atoms with Crippen molar-refractivity contribution < 1.29 is 23.4 Å². The Kier molecular flexibility index (Phi) is 7.62. The maximum absolute atomic E-state index is 14.2. The Morgan fingerprint density at radius 2 is 1.67 bits per heavy atom. The third-order valence-corrected chi connectivity index (χ3v) is 6.11. The fourth-order valence-electron chi connectivity index (χ4n) is 4.42. The third-order valence-electron chi connectivity index (χ3n) is 6.11. The van der Waals surface area contributed by atoms with Gasteiger partial charge in [0.1, 0.15) is 11.6 Å². The number of aliphatic hydroxyl groups is 1. The second kappa shape index (κ2) is 9.94. The molecule has 0 aromatic heterocycles. The molecular weight excluding hydrogens is 350 g/mol. The minimum atomic E-state index is -0.543. The number of benzene rings is 1. The maximum Gasteiger partial charge on any atom is 0.160 e. The molecular formula is C22H32F2O3. The first-order valence-electron chi connectivity index (χ1n) is 10.4. The SMILES string of the molecule is CCCCC1COC(C2CCC(c3cc(F)c(CCO)c(F)c3)CC2)OC1. The van der Waals surface area contributed by atoms with Crippen molar-refractivity contribution in [2.45, 2.75) is 70.5 Å². The van der Waals surface area contributed by atoms with Gasteiger partial charge in [0.05, 0.1) is 13.2 Å². The lowest BCUT2D eigenvalue weighted by molar-refractivity contribution is -0.229. The zero-order valence-electron chi connectivity index (χ0n) is 16.3. The molecule has 3 rings (SSSR count). The first-order chi connectivity index (χ1) is 13.1. The highest BCUT2D eigenvalue weighted by Crippen LogP contribution is 2.39. The molecule has 0 unspecified atom stereocenters. The summed E-state index contributed by atoms with van der Waals surface area (Å²) in [6.07, 6.45) is 7.18. The molecule has 1 heterocycles. The highest BCUT2D eigenvalue weighted by molar-refractivity contribution is 5.29. The molecule has 27 heavy (non-hydrogen) atoms. The van der Waals surface area contributed by atoms with Gasteiger partial charge in [0.15, 0.2) is 6.29 Å². The van der Waals surface area contributed by atoms with E-state index in [0.29, 0.717) is 11.8 Å². The van der Waals surface area contributed by atoms with E-state index in [9.17, 15) is 8.78 Å². The number of rotatable bonds is 7. The molecule has 152 valence electrons. The number of aliphatic hydroxyl groups excluding tert-OH is 1. The van der Waals surface area contributed by atoms with Crippen molar-refractivity contribution in [1.82, 2.24) is 0 Å². The third kappa shape index (κ3) is 5.27. The fourth-order valence-corrected chi connectivity index (χ4v) is 4.42. The number of hydrogen-bond acceptors (Lipinski definition) is 3. The van der Waals surface area contributed by atoms with Gasteiger partial charge in [-0.3, -0.25) is 0 Å². The van der Waals surface area contributed by atoms with Gasteiger partial charge in [0.25, 0.3) is 0 Å². The van der Waals surface area contributed by atoms with Crippen molar-refractivity contribution in [1.29, 1.82) is 0 Å². The predicted molar refractivity (Wildman–Crippen MR) is 101 cm³/mol. The van der Waals surface area contributed by atoms with Crippen molar-refractivity contribution in [3.8, 4) is 0 Å². The summed E-state index contributed by atoms with van der Waals surface area (Å²) in [7, 11) is 0. The molecule has 2 fully saturated rings. The molecule has 0 amide bonds. The predicted octanol–water partition coefficient (Wildman–Crippen LogP) is 4.95. The molecule has 0 spiro atoms. The van der Waals surface area contributed by atoms with Crippen molar-refractivity contribution in [2.75, 3.05) is 19.8 Å². The quantitative estimate of drug-likeness (QED) is 0.725. The lowest BCUT2D eigenvalue weighted by Crippen LogP contribution is -2.38. The van der Waals surface area contributed by atoms with Crippen LogP contribution in [-0.4, -0.2) is 31.2 Å².